The van der Waals surface area contributed by atoms with Crippen LogP contribution < -0.4 is 5.32 Å². The molecule has 1 unspecified atom stereocenters. The van der Waals surface area contributed by atoms with Gasteiger partial charge in [-0.25, -0.2) is 0 Å². The van der Waals surface area contributed by atoms with Crippen LogP contribution in [0.3, 0.4) is 0 Å². The van der Waals surface area contributed by atoms with E-state index in [1.807, 2.05) is 30.3 Å². The van der Waals surface area contributed by atoms with Gasteiger partial charge in [0, 0.05) is 11.4 Å². The molecule has 0 radical (unpaired) electrons. The van der Waals surface area contributed by atoms with Gasteiger partial charge in [0.05, 0.1) is 6.10 Å². The first kappa shape index (κ1) is 13.6. The van der Waals surface area contributed by atoms with E-state index in [-0.39, 0.29) is 6.10 Å². The Balaban J connectivity index is 1.95. The summed E-state index contributed by atoms with van der Waals surface area (Å²) in [5.74, 6) is 0. The molecule has 0 fully saturated rings. The summed E-state index contributed by atoms with van der Waals surface area (Å²) in [5.41, 5.74) is 3.33. The van der Waals surface area contributed by atoms with Crippen molar-refractivity contribution in [1.82, 2.24) is 0 Å². The van der Waals surface area contributed by atoms with E-state index in [0.717, 1.165) is 30.6 Å². The summed E-state index contributed by atoms with van der Waals surface area (Å²) >= 11 is 0. The predicted molar refractivity (Wildman–Crippen MR) is 80.8 cm³/mol. The summed E-state index contributed by atoms with van der Waals surface area (Å²) in [5, 5.41) is 13.1. The van der Waals surface area contributed by atoms with Crippen molar-refractivity contribution in [2.24, 2.45) is 0 Å². The van der Waals surface area contributed by atoms with Crippen molar-refractivity contribution < 1.29 is 5.11 Å². The van der Waals surface area contributed by atoms with Gasteiger partial charge in [0.15, 0.2) is 0 Å². The van der Waals surface area contributed by atoms with Crippen molar-refractivity contribution in [1.29, 1.82) is 0 Å². The van der Waals surface area contributed by atoms with Gasteiger partial charge in [-0.2, -0.15) is 0 Å². The first-order valence-corrected chi connectivity index (χ1v) is 6.87. The van der Waals surface area contributed by atoms with Crippen LogP contribution in [0, 0.1) is 0 Å². The van der Waals surface area contributed by atoms with E-state index in [9.17, 15) is 5.11 Å². The van der Waals surface area contributed by atoms with Crippen molar-refractivity contribution >= 4 is 11.4 Å². The zero-order chi connectivity index (χ0) is 13.5. The Morgan fingerprint density at radius 1 is 0.947 bits per heavy atom. The molecule has 0 bridgehead atoms. The van der Waals surface area contributed by atoms with Crippen LogP contribution in [0.25, 0.3) is 0 Å². The summed E-state index contributed by atoms with van der Waals surface area (Å²) < 4.78 is 0. The summed E-state index contributed by atoms with van der Waals surface area (Å²) in [6.45, 7) is 2.09. The monoisotopic (exact) mass is 255 g/mol. The molecule has 2 nitrogen and oxygen atoms in total. The number of hydrogen-bond donors (Lipinski definition) is 2. The molecular formula is C17H21NO. The van der Waals surface area contributed by atoms with Crippen molar-refractivity contribution in [3.63, 3.8) is 0 Å². The van der Waals surface area contributed by atoms with Crippen molar-refractivity contribution in [3.05, 3.63) is 60.2 Å². The molecule has 0 spiro atoms. The second-order valence-electron chi connectivity index (χ2n) is 4.83. The standard InChI is InChI=1S/C17H21NO/c1-2-6-17(19)13-14-9-11-16(12-10-14)18-15-7-4-3-5-8-15/h3-5,7-12,17-19H,2,6,13H2,1H3. The van der Waals surface area contributed by atoms with Crippen LogP contribution >= 0.6 is 0 Å². The van der Waals surface area contributed by atoms with Gasteiger partial charge in [-0.1, -0.05) is 43.7 Å². The third-order valence-corrected chi connectivity index (χ3v) is 3.11. The third kappa shape index (κ3) is 4.42. The van der Waals surface area contributed by atoms with Gasteiger partial charge in [-0.15, -0.1) is 0 Å². The second-order valence-corrected chi connectivity index (χ2v) is 4.83. The van der Waals surface area contributed by atoms with E-state index in [4.69, 9.17) is 0 Å². The Hall–Kier alpha value is -1.80. The average molecular weight is 255 g/mol. The molecule has 100 valence electrons. The fraction of sp³-hybridized carbons (Fsp3) is 0.294. The molecule has 2 N–H and O–H groups in total. The summed E-state index contributed by atoms with van der Waals surface area (Å²) in [6, 6.07) is 18.4. The van der Waals surface area contributed by atoms with Gasteiger partial charge in [0.25, 0.3) is 0 Å². The first-order chi connectivity index (χ1) is 9.28. The van der Waals surface area contributed by atoms with Gasteiger partial charge in [0.2, 0.25) is 0 Å². The number of anilines is 2. The van der Waals surface area contributed by atoms with Gasteiger partial charge >= 0.3 is 0 Å². The molecule has 19 heavy (non-hydrogen) atoms. The normalized spacial score (nSPS) is 12.1. The number of benzene rings is 2. The zero-order valence-electron chi connectivity index (χ0n) is 11.3. The third-order valence-electron chi connectivity index (χ3n) is 3.11. The molecule has 0 heterocycles. The van der Waals surface area contributed by atoms with Gasteiger partial charge in [-0.05, 0) is 42.7 Å². The predicted octanol–water partition coefficient (Wildman–Crippen LogP) is 4.13. The Morgan fingerprint density at radius 2 is 1.58 bits per heavy atom. The summed E-state index contributed by atoms with van der Waals surface area (Å²) in [4.78, 5) is 0. The molecule has 1 atom stereocenters. The van der Waals surface area contributed by atoms with Crippen LogP contribution in [0.4, 0.5) is 11.4 Å². The van der Waals surface area contributed by atoms with Crippen molar-refractivity contribution in [2.75, 3.05) is 5.32 Å². The Kier molecular flexibility index (Phi) is 4.99. The number of aliphatic hydroxyl groups excluding tert-OH is 1. The van der Waals surface area contributed by atoms with Crippen LogP contribution in [0.15, 0.2) is 54.6 Å². The van der Waals surface area contributed by atoms with E-state index in [2.05, 4.69) is 36.5 Å². The van der Waals surface area contributed by atoms with Crippen LogP contribution in [0.5, 0.6) is 0 Å². The molecule has 2 aromatic carbocycles. The van der Waals surface area contributed by atoms with E-state index in [0.29, 0.717) is 0 Å². The molecule has 0 saturated heterocycles. The van der Waals surface area contributed by atoms with Crippen LogP contribution in [0.2, 0.25) is 0 Å². The lowest BCUT2D eigenvalue weighted by molar-refractivity contribution is 0.164. The first-order valence-electron chi connectivity index (χ1n) is 6.87. The minimum absolute atomic E-state index is 0.224. The largest absolute Gasteiger partial charge is 0.393 e. The SMILES string of the molecule is CCCC(O)Cc1ccc(Nc2ccccc2)cc1. The highest BCUT2D eigenvalue weighted by Gasteiger charge is 2.04. The fourth-order valence-electron chi connectivity index (χ4n) is 2.12. The van der Waals surface area contributed by atoms with E-state index >= 15 is 0 Å². The summed E-state index contributed by atoms with van der Waals surface area (Å²) in [7, 11) is 0. The molecule has 0 aromatic heterocycles. The van der Waals surface area contributed by atoms with E-state index < -0.39 is 0 Å². The fourth-order valence-corrected chi connectivity index (χ4v) is 2.12. The summed E-state index contributed by atoms with van der Waals surface area (Å²) in [6.07, 6.45) is 2.40. The average Bonchev–Trinajstić information content (AvgIpc) is 2.42. The Morgan fingerprint density at radius 3 is 2.21 bits per heavy atom. The smallest absolute Gasteiger partial charge is 0.0580 e. The number of para-hydroxylation sites is 1. The molecule has 0 aliphatic carbocycles. The molecule has 0 aliphatic heterocycles. The van der Waals surface area contributed by atoms with E-state index in [1.54, 1.807) is 0 Å². The number of aliphatic hydroxyl groups is 1. The van der Waals surface area contributed by atoms with Crippen molar-refractivity contribution in [3.8, 4) is 0 Å². The second kappa shape index (κ2) is 6.95. The zero-order valence-corrected chi connectivity index (χ0v) is 11.3. The van der Waals surface area contributed by atoms with Crippen LogP contribution in [-0.2, 0) is 6.42 Å². The minimum atomic E-state index is -0.224. The minimum Gasteiger partial charge on any atom is -0.393 e. The Labute approximate surface area is 115 Å². The number of nitrogens with one attached hydrogen (secondary N) is 1. The highest BCUT2D eigenvalue weighted by molar-refractivity contribution is 5.59. The van der Waals surface area contributed by atoms with Gasteiger partial charge in [-0.3, -0.25) is 0 Å². The maximum atomic E-state index is 9.79. The van der Waals surface area contributed by atoms with Crippen LogP contribution in [0.1, 0.15) is 25.3 Å². The lowest BCUT2D eigenvalue weighted by Crippen LogP contribution is -2.09. The topological polar surface area (TPSA) is 32.3 Å². The maximum absolute atomic E-state index is 9.79. The molecule has 0 saturated carbocycles. The molecule has 2 aromatic rings. The van der Waals surface area contributed by atoms with Gasteiger partial charge in [0.1, 0.15) is 0 Å². The maximum Gasteiger partial charge on any atom is 0.0580 e. The highest BCUT2D eigenvalue weighted by Crippen LogP contribution is 2.17. The molecule has 0 aliphatic rings. The number of hydrogen-bond acceptors (Lipinski definition) is 2. The quantitative estimate of drug-likeness (QED) is 0.813. The lowest BCUT2D eigenvalue weighted by Gasteiger charge is -2.10. The van der Waals surface area contributed by atoms with Crippen LogP contribution in [-0.4, -0.2) is 11.2 Å². The van der Waals surface area contributed by atoms with E-state index in [1.165, 1.54) is 5.56 Å². The number of rotatable bonds is 6. The molecule has 0 amide bonds. The lowest BCUT2D eigenvalue weighted by atomic mass is 10.0. The molecule has 2 rings (SSSR count). The molecular weight excluding hydrogens is 234 g/mol. The van der Waals surface area contributed by atoms with Gasteiger partial charge < -0.3 is 10.4 Å². The highest BCUT2D eigenvalue weighted by atomic mass is 16.3. The van der Waals surface area contributed by atoms with Crippen molar-refractivity contribution in [2.45, 2.75) is 32.3 Å². The molecule has 2 heteroatoms. The Bertz CT molecular complexity index is 478.